The van der Waals surface area contributed by atoms with Crippen molar-refractivity contribution < 1.29 is 14.3 Å². The van der Waals surface area contributed by atoms with Gasteiger partial charge in [0.1, 0.15) is 6.04 Å². The third kappa shape index (κ3) is 4.43. The third-order valence-electron chi connectivity index (χ3n) is 2.71. The van der Waals surface area contributed by atoms with Crippen LogP contribution in [0.2, 0.25) is 0 Å². The molecule has 1 atom stereocenters. The van der Waals surface area contributed by atoms with E-state index in [1.54, 1.807) is 20.1 Å². The number of hydrogen-bond donors (Lipinski definition) is 4. The van der Waals surface area contributed by atoms with E-state index in [9.17, 15) is 9.59 Å². The average Bonchev–Trinajstić information content (AvgIpc) is 2.41. The molecule has 6 N–H and O–H groups in total. The Kier molecular flexibility index (Phi) is 5.79. The number of amides is 2. The summed E-state index contributed by atoms with van der Waals surface area (Å²) in [5.41, 5.74) is 12.3. The van der Waals surface area contributed by atoms with E-state index in [2.05, 4.69) is 10.6 Å². The number of anilines is 2. The van der Waals surface area contributed by atoms with Crippen molar-refractivity contribution in [1.29, 1.82) is 0 Å². The highest BCUT2D eigenvalue weighted by Gasteiger charge is 2.14. The predicted octanol–water partition coefficient (Wildman–Crippen LogP) is -0.0693. The average molecular weight is 280 g/mol. The van der Waals surface area contributed by atoms with E-state index in [1.165, 1.54) is 12.1 Å². The standard InChI is InChI=1S/C13H20N4O3/c1-8(13(19)16-5-6-20-2)17-11-7-9(12(15)18)3-4-10(11)14/h3-4,7-8,17H,5-6,14H2,1-2H3,(H2,15,18)(H,16,19). The van der Waals surface area contributed by atoms with Gasteiger partial charge < -0.3 is 26.8 Å². The summed E-state index contributed by atoms with van der Waals surface area (Å²) in [6.07, 6.45) is 0. The normalized spacial score (nSPS) is 11.7. The first-order valence-corrected chi connectivity index (χ1v) is 6.18. The van der Waals surface area contributed by atoms with Crippen LogP contribution in [-0.4, -0.2) is 38.1 Å². The zero-order chi connectivity index (χ0) is 15.1. The van der Waals surface area contributed by atoms with Crippen LogP contribution in [-0.2, 0) is 9.53 Å². The van der Waals surface area contributed by atoms with E-state index in [4.69, 9.17) is 16.2 Å². The number of carbonyl (C=O) groups excluding carboxylic acids is 2. The van der Waals surface area contributed by atoms with Gasteiger partial charge in [-0.1, -0.05) is 0 Å². The van der Waals surface area contributed by atoms with Gasteiger partial charge in [-0.15, -0.1) is 0 Å². The Balaban J connectivity index is 2.69. The lowest BCUT2D eigenvalue weighted by Gasteiger charge is -2.17. The number of ether oxygens (including phenoxy) is 1. The van der Waals surface area contributed by atoms with Crippen molar-refractivity contribution in [2.75, 3.05) is 31.3 Å². The third-order valence-corrected chi connectivity index (χ3v) is 2.71. The molecule has 7 heteroatoms. The van der Waals surface area contributed by atoms with E-state index >= 15 is 0 Å². The minimum absolute atomic E-state index is 0.189. The summed E-state index contributed by atoms with van der Waals surface area (Å²) in [6.45, 7) is 2.56. The fourth-order valence-corrected chi connectivity index (χ4v) is 1.56. The maximum Gasteiger partial charge on any atom is 0.248 e. The molecule has 1 aromatic rings. The SMILES string of the molecule is COCCNC(=O)C(C)Nc1cc(C(N)=O)ccc1N. The minimum Gasteiger partial charge on any atom is -0.397 e. The summed E-state index contributed by atoms with van der Waals surface area (Å²) in [4.78, 5) is 22.9. The first-order chi connectivity index (χ1) is 9.45. The number of nitrogen functional groups attached to an aromatic ring is 1. The molecule has 1 aromatic carbocycles. The Morgan fingerprint density at radius 2 is 2.10 bits per heavy atom. The molecule has 7 nitrogen and oxygen atoms in total. The quantitative estimate of drug-likeness (QED) is 0.412. The Morgan fingerprint density at radius 1 is 1.40 bits per heavy atom. The maximum atomic E-state index is 11.8. The van der Waals surface area contributed by atoms with Crippen LogP contribution in [0.15, 0.2) is 18.2 Å². The molecule has 0 aliphatic rings. The van der Waals surface area contributed by atoms with Crippen LogP contribution >= 0.6 is 0 Å². The molecular formula is C13H20N4O3. The summed E-state index contributed by atoms with van der Waals surface area (Å²) in [5, 5.41) is 5.65. The van der Waals surface area contributed by atoms with Crippen LogP contribution in [0.25, 0.3) is 0 Å². The fraction of sp³-hybridized carbons (Fsp3) is 0.385. The monoisotopic (exact) mass is 280 g/mol. The van der Waals surface area contributed by atoms with E-state index in [0.29, 0.717) is 30.1 Å². The number of rotatable bonds is 7. The molecular weight excluding hydrogens is 260 g/mol. The van der Waals surface area contributed by atoms with Crippen LogP contribution in [0.1, 0.15) is 17.3 Å². The number of nitrogens with two attached hydrogens (primary N) is 2. The summed E-state index contributed by atoms with van der Waals surface area (Å²) in [7, 11) is 1.56. The largest absolute Gasteiger partial charge is 0.397 e. The summed E-state index contributed by atoms with van der Waals surface area (Å²) in [6, 6.07) is 4.12. The van der Waals surface area contributed by atoms with Crippen LogP contribution < -0.4 is 22.1 Å². The van der Waals surface area contributed by atoms with Gasteiger partial charge in [0.25, 0.3) is 0 Å². The molecule has 0 saturated heterocycles. The van der Waals surface area contributed by atoms with Crippen LogP contribution in [0.3, 0.4) is 0 Å². The number of methoxy groups -OCH3 is 1. The number of primary amides is 1. The first-order valence-electron chi connectivity index (χ1n) is 6.18. The lowest BCUT2D eigenvalue weighted by Crippen LogP contribution is -2.39. The number of nitrogens with one attached hydrogen (secondary N) is 2. The Labute approximate surface area is 117 Å². The maximum absolute atomic E-state index is 11.8. The topological polar surface area (TPSA) is 119 Å². The number of benzene rings is 1. The van der Waals surface area contributed by atoms with Gasteiger partial charge in [0.15, 0.2) is 0 Å². The van der Waals surface area contributed by atoms with Crippen molar-refractivity contribution in [2.45, 2.75) is 13.0 Å². The highest BCUT2D eigenvalue weighted by atomic mass is 16.5. The van der Waals surface area contributed by atoms with Gasteiger partial charge >= 0.3 is 0 Å². The van der Waals surface area contributed by atoms with Crippen LogP contribution in [0.4, 0.5) is 11.4 Å². The zero-order valence-corrected chi connectivity index (χ0v) is 11.6. The molecule has 0 aliphatic heterocycles. The van der Waals surface area contributed by atoms with E-state index < -0.39 is 11.9 Å². The molecule has 0 saturated carbocycles. The van der Waals surface area contributed by atoms with Crippen molar-refractivity contribution in [3.8, 4) is 0 Å². The lowest BCUT2D eigenvalue weighted by atomic mass is 10.1. The van der Waals surface area contributed by atoms with E-state index in [0.717, 1.165) is 0 Å². The molecule has 1 unspecified atom stereocenters. The minimum atomic E-state index is -0.551. The Hall–Kier alpha value is -2.28. The fourth-order valence-electron chi connectivity index (χ4n) is 1.56. The van der Waals surface area contributed by atoms with E-state index in [-0.39, 0.29) is 5.91 Å². The number of hydrogen-bond acceptors (Lipinski definition) is 5. The molecule has 0 bridgehead atoms. The molecule has 1 rings (SSSR count). The first kappa shape index (κ1) is 15.8. The van der Waals surface area contributed by atoms with Crippen LogP contribution in [0, 0.1) is 0 Å². The lowest BCUT2D eigenvalue weighted by molar-refractivity contribution is -0.121. The Morgan fingerprint density at radius 3 is 2.70 bits per heavy atom. The summed E-state index contributed by atoms with van der Waals surface area (Å²) < 4.78 is 4.84. The van der Waals surface area contributed by atoms with Gasteiger partial charge in [-0.05, 0) is 25.1 Å². The zero-order valence-electron chi connectivity index (χ0n) is 11.6. The van der Waals surface area contributed by atoms with Gasteiger partial charge in [0.2, 0.25) is 11.8 Å². The molecule has 0 aromatic heterocycles. The molecule has 20 heavy (non-hydrogen) atoms. The van der Waals surface area contributed by atoms with Crippen LogP contribution in [0.5, 0.6) is 0 Å². The second kappa shape index (κ2) is 7.34. The van der Waals surface area contributed by atoms with Gasteiger partial charge in [-0.2, -0.15) is 0 Å². The molecule has 0 fully saturated rings. The van der Waals surface area contributed by atoms with Crippen molar-refractivity contribution >= 4 is 23.2 Å². The highest BCUT2D eigenvalue weighted by Crippen LogP contribution is 2.20. The molecule has 110 valence electrons. The second-order valence-corrected chi connectivity index (χ2v) is 4.32. The Bertz CT molecular complexity index is 491. The van der Waals surface area contributed by atoms with Gasteiger partial charge in [0.05, 0.1) is 18.0 Å². The van der Waals surface area contributed by atoms with Gasteiger partial charge in [0, 0.05) is 19.2 Å². The van der Waals surface area contributed by atoms with Gasteiger partial charge in [-0.3, -0.25) is 9.59 Å². The molecule has 0 spiro atoms. The summed E-state index contributed by atoms with van der Waals surface area (Å²) in [5.74, 6) is -0.740. The molecule has 0 aliphatic carbocycles. The highest BCUT2D eigenvalue weighted by molar-refractivity contribution is 5.95. The predicted molar refractivity (Wildman–Crippen MR) is 77.3 cm³/mol. The van der Waals surface area contributed by atoms with Crippen molar-refractivity contribution in [3.63, 3.8) is 0 Å². The van der Waals surface area contributed by atoms with Gasteiger partial charge in [-0.25, -0.2) is 0 Å². The molecule has 0 heterocycles. The molecule has 0 radical (unpaired) electrons. The molecule has 2 amide bonds. The number of carbonyl (C=O) groups is 2. The van der Waals surface area contributed by atoms with Crippen molar-refractivity contribution in [3.05, 3.63) is 23.8 Å². The van der Waals surface area contributed by atoms with Crippen molar-refractivity contribution in [1.82, 2.24) is 5.32 Å². The van der Waals surface area contributed by atoms with Crippen molar-refractivity contribution in [2.24, 2.45) is 5.73 Å². The smallest absolute Gasteiger partial charge is 0.248 e. The summed E-state index contributed by atoms with van der Waals surface area (Å²) >= 11 is 0. The van der Waals surface area contributed by atoms with E-state index in [1.807, 2.05) is 0 Å². The second-order valence-electron chi connectivity index (χ2n) is 4.32.